The van der Waals surface area contributed by atoms with E-state index in [9.17, 15) is 8.42 Å². The van der Waals surface area contributed by atoms with E-state index in [1.165, 1.54) is 40.5 Å². The van der Waals surface area contributed by atoms with E-state index in [1.54, 1.807) is 24.3 Å². The lowest BCUT2D eigenvalue weighted by Crippen LogP contribution is -2.27. The van der Waals surface area contributed by atoms with Crippen molar-refractivity contribution >= 4 is 27.3 Å². The highest BCUT2D eigenvalue weighted by atomic mass is 35.5. The van der Waals surface area contributed by atoms with Gasteiger partial charge in [-0.25, -0.2) is 8.42 Å². The SMILES string of the molecule is COc1ccc(N(C)S(=O)(=O)c2cc(Cl)ccc2OC)cc1OC. The highest BCUT2D eigenvalue weighted by Gasteiger charge is 2.26. The molecule has 130 valence electrons. The largest absolute Gasteiger partial charge is 0.495 e. The van der Waals surface area contributed by atoms with E-state index >= 15 is 0 Å². The van der Waals surface area contributed by atoms with Crippen LogP contribution in [-0.2, 0) is 10.0 Å². The number of methoxy groups -OCH3 is 3. The molecule has 0 aliphatic heterocycles. The standard InChI is InChI=1S/C16H18ClNO5S/c1-18(12-6-8-13(21-2)15(10-12)23-4)24(19,20)16-9-11(17)5-7-14(16)22-3/h5-10H,1-4H3. The Morgan fingerprint density at radius 3 is 2.04 bits per heavy atom. The summed E-state index contributed by atoms with van der Waals surface area (Å²) in [5.74, 6) is 1.15. The second kappa shape index (κ2) is 7.19. The van der Waals surface area contributed by atoms with E-state index in [2.05, 4.69) is 0 Å². The minimum Gasteiger partial charge on any atom is -0.495 e. The number of halogens is 1. The summed E-state index contributed by atoms with van der Waals surface area (Å²) in [5.41, 5.74) is 0.412. The highest BCUT2D eigenvalue weighted by Crippen LogP contribution is 2.35. The van der Waals surface area contributed by atoms with E-state index in [0.717, 1.165) is 4.31 Å². The number of nitrogens with zero attached hydrogens (tertiary/aromatic N) is 1. The number of ether oxygens (including phenoxy) is 3. The Balaban J connectivity index is 2.52. The Bertz CT molecular complexity index is 838. The summed E-state index contributed by atoms with van der Waals surface area (Å²) in [6.07, 6.45) is 0. The van der Waals surface area contributed by atoms with Crippen LogP contribution in [0.15, 0.2) is 41.3 Å². The van der Waals surface area contributed by atoms with Gasteiger partial charge in [0.15, 0.2) is 11.5 Å². The monoisotopic (exact) mass is 371 g/mol. The number of hydrogen-bond donors (Lipinski definition) is 0. The number of hydrogen-bond acceptors (Lipinski definition) is 5. The molecular formula is C16H18ClNO5S. The molecule has 8 heteroatoms. The van der Waals surface area contributed by atoms with Gasteiger partial charge in [0.05, 0.1) is 27.0 Å². The molecule has 0 spiro atoms. The van der Waals surface area contributed by atoms with Gasteiger partial charge in [0, 0.05) is 18.1 Å². The second-order valence-electron chi connectivity index (χ2n) is 4.81. The third-order valence-corrected chi connectivity index (χ3v) is 5.54. The molecule has 0 aliphatic rings. The molecule has 2 rings (SSSR count). The molecule has 2 aromatic rings. The highest BCUT2D eigenvalue weighted by molar-refractivity contribution is 7.93. The van der Waals surface area contributed by atoms with Crippen LogP contribution in [0.2, 0.25) is 5.02 Å². The van der Waals surface area contributed by atoms with Gasteiger partial charge in [-0.1, -0.05) is 11.6 Å². The van der Waals surface area contributed by atoms with Crippen LogP contribution < -0.4 is 18.5 Å². The van der Waals surface area contributed by atoms with Crippen molar-refractivity contribution in [2.24, 2.45) is 0 Å². The molecule has 0 saturated heterocycles. The first-order chi connectivity index (χ1) is 11.3. The van der Waals surface area contributed by atoms with Gasteiger partial charge in [-0.05, 0) is 30.3 Å². The Morgan fingerprint density at radius 1 is 0.875 bits per heavy atom. The number of anilines is 1. The van der Waals surface area contributed by atoms with Gasteiger partial charge in [0.2, 0.25) is 0 Å². The smallest absolute Gasteiger partial charge is 0.267 e. The Kier molecular flexibility index (Phi) is 5.46. The van der Waals surface area contributed by atoms with Gasteiger partial charge < -0.3 is 14.2 Å². The van der Waals surface area contributed by atoms with Gasteiger partial charge in [-0.15, -0.1) is 0 Å². The number of benzene rings is 2. The van der Waals surface area contributed by atoms with Crippen molar-refractivity contribution in [1.82, 2.24) is 0 Å². The maximum atomic E-state index is 12.9. The van der Waals surface area contributed by atoms with Crippen LogP contribution in [0.25, 0.3) is 0 Å². The molecule has 0 aliphatic carbocycles. The molecule has 0 fully saturated rings. The molecule has 24 heavy (non-hydrogen) atoms. The quantitative estimate of drug-likeness (QED) is 0.780. The maximum Gasteiger partial charge on any atom is 0.267 e. The van der Waals surface area contributed by atoms with E-state index < -0.39 is 10.0 Å². The Labute approximate surface area is 146 Å². The number of rotatable bonds is 6. The van der Waals surface area contributed by atoms with Crippen molar-refractivity contribution in [2.75, 3.05) is 32.7 Å². The van der Waals surface area contributed by atoms with Gasteiger partial charge in [-0.3, -0.25) is 4.31 Å². The molecule has 0 bridgehead atoms. The normalized spacial score (nSPS) is 11.0. The molecule has 0 heterocycles. The summed E-state index contributed by atoms with van der Waals surface area (Å²) in [4.78, 5) is -0.0187. The van der Waals surface area contributed by atoms with Gasteiger partial charge >= 0.3 is 0 Å². The minimum atomic E-state index is -3.87. The third-order valence-electron chi connectivity index (χ3n) is 3.49. The summed E-state index contributed by atoms with van der Waals surface area (Å²) in [6.45, 7) is 0. The van der Waals surface area contributed by atoms with E-state index in [-0.39, 0.29) is 10.6 Å². The minimum absolute atomic E-state index is 0.0187. The molecule has 0 amide bonds. The third kappa shape index (κ3) is 3.37. The average Bonchev–Trinajstić information content (AvgIpc) is 2.60. The van der Waals surface area contributed by atoms with Crippen molar-refractivity contribution in [1.29, 1.82) is 0 Å². The fraction of sp³-hybridized carbons (Fsp3) is 0.250. The van der Waals surface area contributed by atoms with Crippen LogP contribution >= 0.6 is 11.6 Å². The molecular weight excluding hydrogens is 354 g/mol. The summed E-state index contributed by atoms with van der Waals surface area (Å²) < 4.78 is 42.5. The molecule has 0 N–H and O–H groups in total. The van der Waals surface area contributed by atoms with E-state index in [0.29, 0.717) is 22.2 Å². The zero-order chi connectivity index (χ0) is 17.9. The van der Waals surface area contributed by atoms with Crippen LogP contribution in [-0.4, -0.2) is 36.8 Å². The predicted molar refractivity (Wildman–Crippen MR) is 93.1 cm³/mol. The fourth-order valence-electron chi connectivity index (χ4n) is 2.16. The van der Waals surface area contributed by atoms with Crippen molar-refractivity contribution < 1.29 is 22.6 Å². The first kappa shape index (κ1) is 18.2. The van der Waals surface area contributed by atoms with Crippen molar-refractivity contribution in [3.8, 4) is 17.2 Å². The lowest BCUT2D eigenvalue weighted by atomic mass is 10.3. The maximum absolute atomic E-state index is 12.9. The number of sulfonamides is 1. The average molecular weight is 372 g/mol. The van der Waals surface area contributed by atoms with Crippen LogP contribution in [0.5, 0.6) is 17.2 Å². The van der Waals surface area contributed by atoms with Crippen LogP contribution in [0.3, 0.4) is 0 Å². The summed E-state index contributed by atoms with van der Waals surface area (Å²) in [7, 11) is 1.96. The summed E-state index contributed by atoms with van der Waals surface area (Å²) >= 11 is 5.94. The first-order valence-corrected chi connectivity index (χ1v) is 8.71. The first-order valence-electron chi connectivity index (χ1n) is 6.89. The van der Waals surface area contributed by atoms with Crippen LogP contribution in [0.1, 0.15) is 0 Å². The predicted octanol–water partition coefficient (Wildman–Crippen LogP) is 3.19. The fourth-order valence-corrected chi connectivity index (χ4v) is 3.76. The Hall–Kier alpha value is -2.12. The molecule has 0 radical (unpaired) electrons. The molecule has 2 aromatic carbocycles. The van der Waals surface area contributed by atoms with Crippen LogP contribution in [0.4, 0.5) is 5.69 Å². The van der Waals surface area contributed by atoms with Gasteiger partial charge in [-0.2, -0.15) is 0 Å². The molecule has 0 unspecified atom stereocenters. The summed E-state index contributed by atoms with van der Waals surface area (Å²) in [6, 6.07) is 9.26. The van der Waals surface area contributed by atoms with Gasteiger partial charge in [0.25, 0.3) is 10.0 Å². The van der Waals surface area contributed by atoms with Gasteiger partial charge in [0.1, 0.15) is 10.6 Å². The van der Waals surface area contributed by atoms with Crippen molar-refractivity contribution in [2.45, 2.75) is 4.90 Å². The lowest BCUT2D eigenvalue weighted by molar-refractivity contribution is 0.355. The molecule has 0 aromatic heterocycles. The van der Waals surface area contributed by atoms with E-state index in [1.807, 2.05) is 0 Å². The second-order valence-corrected chi connectivity index (χ2v) is 7.18. The lowest BCUT2D eigenvalue weighted by Gasteiger charge is -2.22. The molecule has 6 nitrogen and oxygen atoms in total. The molecule has 0 atom stereocenters. The van der Waals surface area contributed by atoms with E-state index in [4.69, 9.17) is 25.8 Å². The summed E-state index contributed by atoms with van der Waals surface area (Å²) in [5, 5.41) is 0.301. The zero-order valence-electron chi connectivity index (χ0n) is 13.7. The molecule has 0 saturated carbocycles. The Morgan fingerprint density at radius 2 is 1.46 bits per heavy atom. The van der Waals surface area contributed by atoms with Crippen molar-refractivity contribution in [3.63, 3.8) is 0 Å². The van der Waals surface area contributed by atoms with Crippen LogP contribution in [0, 0.1) is 0 Å². The van der Waals surface area contributed by atoms with Crippen molar-refractivity contribution in [3.05, 3.63) is 41.4 Å². The topological polar surface area (TPSA) is 65.1 Å². The zero-order valence-corrected chi connectivity index (χ0v) is 15.3.